The third kappa shape index (κ3) is 4.17. The Kier molecular flexibility index (Phi) is 5.78. The van der Waals surface area contributed by atoms with Crippen LogP contribution >= 0.6 is 12.2 Å². The second-order valence-electron chi connectivity index (χ2n) is 8.73. The van der Waals surface area contributed by atoms with Crippen LogP contribution < -0.4 is 10.8 Å². The van der Waals surface area contributed by atoms with Crippen molar-refractivity contribution in [3.8, 4) is 11.5 Å². The van der Waals surface area contributed by atoms with Gasteiger partial charge in [-0.05, 0) is 74.1 Å². The number of aryl methyl sites for hydroxylation is 2. The molecule has 7 nitrogen and oxygen atoms in total. The minimum Gasteiger partial charge on any atom is -0.278 e. The molecule has 6 aromatic rings. The van der Waals surface area contributed by atoms with Crippen molar-refractivity contribution in [3.05, 3.63) is 118 Å². The summed E-state index contributed by atoms with van der Waals surface area (Å²) in [6.07, 6.45) is 1.74. The molecule has 8 heteroatoms. The number of benzene rings is 3. The molecule has 0 fully saturated rings. The van der Waals surface area contributed by atoms with Crippen LogP contribution in [0.5, 0.6) is 0 Å². The van der Waals surface area contributed by atoms with Gasteiger partial charge < -0.3 is 0 Å². The third-order valence-electron chi connectivity index (χ3n) is 6.15. The molecule has 0 saturated carbocycles. The predicted molar refractivity (Wildman–Crippen MR) is 149 cm³/mol. The first kappa shape index (κ1) is 22.8. The molecule has 3 aromatic carbocycles. The van der Waals surface area contributed by atoms with Gasteiger partial charge in [0.25, 0.3) is 0 Å². The van der Waals surface area contributed by atoms with Crippen molar-refractivity contribution < 1.29 is 0 Å². The van der Waals surface area contributed by atoms with Gasteiger partial charge in [-0.15, -0.1) is 0 Å². The topological polar surface area (TPSA) is 72.9 Å². The summed E-state index contributed by atoms with van der Waals surface area (Å²) in [7, 11) is 0. The van der Waals surface area contributed by atoms with Crippen LogP contribution in [-0.2, 0) is 0 Å². The van der Waals surface area contributed by atoms with Crippen LogP contribution in [0.2, 0.25) is 0 Å². The summed E-state index contributed by atoms with van der Waals surface area (Å²) in [6, 6.07) is 29.6. The Morgan fingerprint density at radius 2 is 1.38 bits per heavy atom. The summed E-state index contributed by atoms with van der Waals surface area (Å²) in [5.74, 6) is 0.645. The Bertz CT molecular complexity index is 1890. The monoisotopic (exact) mass is 501 g/mol. The van der Waals surface area contributed by atoms with Gasteiger partial charge in [-0.1, -0.05) is 54.1 Å². The minimum atomic E-state index is 0.493. The van der Waals surface area contributed by atoms with Crippen molar-refractivity contribution in [2.45, 2.75) is 13.8 Å². The van der Waals surface area contributed by atoms with Gasteiger partial charge >= 0.3 is 0 Å². The zero-order valence-electron chi connectivity index (χ0n) is 20.3. The number of hydrogen-bond acceptors (Lipinski definition) is 6. The van der Waals surface area contributed by atoms with Crippen LogP contribution in [0.3, 0.4) is 0 Å². The van der Waals surface area contributed by atoms with E-state index >= 15 is 0 Å². The molecule has 0 radical (unpaired) electrons. The number of anilines is 1. The molecule has 180 valence electrons. The maximum Gasteiger partial charge on any atom is 0.193 e. The van der Waals surface area contributed by atoms with E-state index in [-0.39, 0.29) is 0 Å². The molecule has 0 atom stereocenters. The highest BCUT2D eigenvalue weighted by molar-refractivity contribution is 7.71. The van der Waals surface area contributed by atoms with Crippen molar-refractivity contribution in [2.75, 3.05) is 5.43 Å². The number of para-hydroxylation sites is 3. The van der Waals surface area contributed by atoms with Crippen LogP contribution in [0.1, 0.15) is 11.1 Å². The summed E-state index contributed by atoms with van der Waals surface area (Å²) in [4.78, 5) is 14.7. The third-order valence-corrected chi connectivity index (χ3v) is 6.51. The van der Waals surface area contributed by atoms with Gasteiger partial charge in [-0.3, -0.25) is 14.6 Å². The molecule has 0 aliphatic carbocycles. The Hall–Kier alpha value is -4.69. The van der Waals surface area contributed by atoms with E-state index in [0.29, 0.717) is 27.2 Å². The molecule has 0 aliphatic rings. The molecular weight excluding hydrogens is 478 g/mol. The first-order valence-corrected chi connectivity index (χ1v) is 12.3. The number of rotatable bonds is 4. The van der Waals surface area contributed by atoms with Crippen molar-refractivity contribution in [2.24, 2.45) is 5.10 Å². The van der Waals surface area contributed by atoms with Gasteiger partial charge in [-0.2, -0.15) is 5.10 Å². The number of pyridine rings is 1. The Morgan fingerprint density at radius 3 is 2.05 bits per heavy atom. The number of aromatic nitrogens is 5. The summed E-state index contributed by atoms with van der Waals surface area (Å²) in [5, 5.41) is 5.42. The maximum atomic E-state index is 6.12. The fourth-order valence-corrected chi connectivity index (χ4v) is 4.62. The zero-order valence-corrected chi connectivity index (χ0v) is 21.1. The first-order valence-electron chi connectivity index (χ1n) is 11.9. The van der Waals surface area contributed by atoms with Gasteiger partial charge in [0.1, 0.15) is 5.82 Å². The summed E-state index contributed by atoms with van der Waals surface area (Å²) in [6.45, 7) is 4.11. The normalized spacial score (nSPS) is 11.8. The highest BCUT2D eigenvalue weighted by atomic mass is 32.1. The average Bonchev–Trinajstić information content (AvgIpc) is 3.04. The van der Waals surface area contributed by atoms with E-state index in [4.69, 9.17) is 27.3 Å². The fourth-order valence-electron chi connectivity index (χ4n) is 4.25. The van der Waals surface area contributed by atoms with Gasteiger partial charge in [0.2, 0.25) is 0 Å². The predicted octanol–water partition coefficient (Wildman–Crippen LogP) is 6.03. The van der Waals surface area contributed by atoms with E-state index < -0.39 is 0 Å². The summed E-state index contributed by atoms with van der Waals surface area (Å²) in [5.41, 5.74) is 9.81. The lowest BCUT2D eigenvalue weighted by atomic mass is 10.2. The molecule has 1 N–H and O–H groups in total. The van der Waals surface area contributed by atoms with Crippen molar-refractivity contribution >= 4 is 40.2 Å². The van der Waals surface area contributed by atoms with Crippen LogP contribution in [0.4, 0.5) is 5.69 Å². The molecule has 0 saturated heterocycles. The molecule has 0 aliphatic heterocycles. The smallest absolute Gasteiger partial charge is 0.193 e. The summed E-state index contributed by atoms with van der Waals surface area (Å²) >= 11 is 6.12. The van der Waals surface area contributed by atoms with Gasteiger partial charge in [0.05, 0.1) is 22.4 Å². The highest BCUT2D eigenvalue weighted by Gasteiger charge is 2.18. The fraction of sp³-hybridized carbons (Fsp3) is 0.0690. The highest BCUT2D eigenvalue weighted by Crippen LogP contribution is 2.21. The lowest BCUT2D eigenvalue weighted by molar-refractivity contribution is 0.862. The van der Waals surface area contributed by atoms with E-state index in [0.717, 1.165) is 28.0 Å². The second kappa shape index (κ2) is 9.40. The largest absolute Gasteiger partial charge is 0.278 e. The van der Waals surface area contributed by atoms with E-state index in [1.54, 1.807) is 6.20 Å². The van der Waals surface area contributed by atoms with E-state index in [1.807, 2.05) is 94.1 Å². The summed E-state index contributed by atoms with van der Waals surface area (Å²) < 4.78 is 4.31. The molecular formula is C29H23N7S. The number of fused-ring (bicyclic) bond motifs is 3. The lowest BCUT2D eigenvalue weighted by Gasteiger charge is -2.16. The van der Waals surface area contributed by atoms with Crippen LogP contribution in [0.25, 0.3) is 33.8 Å². The number of nitrogens with one attached hydrogen (secondary N) is 1. The minimum absolute atomic E-state index is 0.493. The molecule has 37 heavy (non-hydrogen) atoms. The second-order valence-corrected chi connectivity index (χ2v) is 9.09. The molecule has 2 bridgehead atoms. The molecule has 0 unspecified atom stereocenters. The Labute approximate surface area is 218 Å². The van der Waals surface area contributed by atoms with Crippen LogP contribution in [0, 0.1) is 18.6 Å². The van der Waals surface area contributed by atoms with E-state index in [1.165, 1.54) is 5.56 Å². The van der Waals surface area contributed by atoms with E-state index in [9.17, 15) is 0 Å². The van der Waals surface area contributed by atoms with Gasteiger partial charge in [0, 0.05) is 6.20 Å². The van der Waals surface area contributed by atoms with Crippen molar-refractivity contribution in [1.29, 1.82) is 0 Å². The zero-order chi connectivity index (χ0) is 25.4. The lowest BCUT2D eigenvalue weighted by Crippen LogP contribution is -2.23. The average molecular weight is 502 g/mol. The van der Waals surface area contributed by atoms with Crippen LogP contribution in [0.15, 0.2) is 102 Å². The van der Waals surface area contributed by atoms with Crippen LogP contribution in [-0.4, -0.2) is 24.1 Å². The molecule has 3 aromatic heterocycles. The number of nitrogens with zero attached hydrogens (tertiary/aromatic N) is 6. The molecule has 6 rings (SSSR count). The SMILES string of the molecule is Cc1ccc(NN=c2c3nc4ccccc4nc2n(-c2ccccc2C)c(=S)n3-c2ccccn2)cc1. The van der Waals surface area contributed by atoms with Gasteiger partial charge in [-0.25, -0.2) is 15.0 Å². The van der Waals surface area contributed by atoms with Crippen molar-refractivity contribution in [3.63, 3.8) is 0 Å². The maximum absolute atomic E-state index is 6.12. The molecule has 3 heterocycles. The molecule has 0 amide bonds. The first-order chi connectivity index (χ1) is 18.1. The standard InChI is InChI=1S/C29H23N7S/c1-19-14-16-21(17-15-19)33-34-26-27-31-22-10-4-5-11-23(22)32-28(26)36(25-13-7-8-18-30-25)29(37)35(27)24-12-6-3-9-20(24)2/h3-18,33H,1-2H3. The molecule has 0 spiro atoms. The Morgan fingerprint density at radius 1 is 0.730 bits per heavy atom. The number of hydrogen-bond donors (Lipinski definition) is 1. The van der Waals surface area contributed by atoms with E-state index in [2.05, 4.69) is 30.3 Å². The quantitative estimate of drug-likeness (QED) is 0.236. The Balaban J connectivity index is 1.82. The van der Waals surface area contributed by atoms with Gasteiger partial charge in [0.15, 0.2) is 21.4 Å². The van der Waals surface area contributed by atoms with Crippen molar-refractivity contribution in [1.82, 2.24) is 24.1 Å².